The average Bonchev–Trinajstić information content (AvgIpc) is 2.35. The topological polar surface area (TPSA) is 41.1 Å². The molecular weight excluding hydrogens is 248 g/mol. The monoisotopic (exact) mass is 274 g/mol. The van der Waals surface area contributed by atoms with Gasteiger partial charge in [-0.1, -0.05) is 19.3 Å². The van der Waals surface area contributed by atoms with E-state index in [1.54, 1.807) is 0 Å². The van der Waals surface area contributed by atoms with Crippen LogP contribution in [0.4, 0.5) is 4.79 Å². The van der Waals surface area contributed by atoms with E-state index in [1.807, 2.05) is 0 Å². The largest absolute Gasteiger partial charge is 0.333 e. The van der Waals surface area contributed by atoms with Crippen molar-refractivity contribution in [3.8, 4) is 12.3 Å². The van der Waals surface area contributed by atoms with Crippen molar-refractivity contribution in [1.82, 2.24) is 10.6 Å². The quantitative estimate of drug-likeness (QED) is 0.760. The summed E-state index contributed by atoms with van der Waals surface area (Å²) in [6.07, 6.45) is 15.0. The summed E-state index contributed by atoms with van der Waals surface area (Å²) in [5.41, 5.74) is 0.0736. The Balaban J connectivity index is 1.60. The van der Waals surface area contributed by atoms with Crippen LogP contribution in [0.5, 0.6) is 0 Å². The minimum atomic E-state index is -0.131. The summed E-state index contributed by atoms with van der Waals surface area (Å²) < 4.78 is 0. The summed E-state index contributed by atoms with van der Waals surface area (Å²) in [7, 11) is 0. The predicted octanol–water partition coefficient (Wildman–Crippen LogP) is 3.06. The first-order valence-electron chi connectivity index (χ1n) is 8.17. The second kappa shape index (κ2) is 5.31. The maximum Gasteiger partial charge on any atom is 0.316 e. The van der Waals surface area contributed by atoms with Gasteiger partial charge in [0.25, 0.3) is 0 Å². The number of terminal acetylenes is 1. The highest BCUT2D eigenvalue weighted by Gasteiger charge is 2.51. The Labute approximate surface area is 122 Å². The highest BCUT2D eigenvalue weighted by molar-refractivity contribution is 5.75. The van der Waals surface area contributed by atoms with Gasteiger partial charge in [-0.05, 0) is 62.7 Å². The van der Waals surface area contributed by atoms with Gasteiger partial charge in [0, 0.05) is 5.54 Å². The normalized spacial score (nSPS) is 39.1. The molecule has 1 atom stereocenters. The van der Waals surface area contributed by atoms with Gasteiger partial charge in [-0.15, -0.1) is 6.42 Å². The van der Waals surface area contributed by atoms with Crippen molar-refractivity contribution in [1.29, 1.82) is 0 Å². The molecule has 2 amide bonds. The fourth-order valence-corrected chi connectivity index (χ4v) is 5.18. The zero-order valence-electron chi connectivity index (χ0n) is 12.5. The van der Waals surface area contributed by atoms with Crippen LogP contribution in [0.1, 0.15) is 58.3 Å². The fraction of sp³-hybridized carbons (Fsp3) is 0.824. The zero-order chi connectivity index (χ0) is 14.2. The van der Waals surface area contributed by atoms with E-state index in [0.717, 1.165) is 30.6 Å². The van der Waals surface area contributed by atoms with Gasteiger partial charge in [0.05, 0.1) is 6.04 Å². The highest BCUT2D eigenvalue weighted by atomic mass is 16.2. The molecule has 0 heterocycles. The lowest BCUT2D eigenvalue weighted by molar-refractivity contribution is -0.0135. The van der Waals surface area contributed by atoms with Crippen molar-refractivity contribution >= 4 is 6.03 Å². The van der Waals surface area contributed by atoms with Crippen molar-refractivity contribution in [3.05, 3.63) is 0 Å². The summed E-state index contributed by atoms with van der Waals surface area (Å²) in [6, 6.07) is -0.183. The van der Waals surface area contributed by atoms with Crippen molar-refractivity contribution < 1.29 is 4.79 Å². The second-order valence-electron chi connectivity index (χ2n) is 7.30. The van der Waals surface area contributed by atoms with Crippen LogP contribution in [0.15, 0.2) is 0 Å². The number of hydrogen-bond donors (Lipinski definition) is 2. The van der Waals surface area contributed by atoms with Gasteiger partial charge in [0.2, 0.25) is 0 Å². The Morgan fingerprint density at radius 1 is 1.25 bits per heavy atom. The molecule has 4 aliphatic rings. The molecule has 1 unspecified atom stereocenters. The molecule has 20 heavy (non-hydrogen) atoms. The van der Waals surface area contributed by atoms with E-state index >= 15 is 0 Å². The molecule has 0 aromatic heterocycles. The van der Waals surface area contributed by atoms with Crippen LogP contribution < -0.4 is 10.6 Å². The molecule has 0 radical (unpaired) electrons. The first kappa shape index (κ1) is 13.8. The van der Waals surface area contributed by atoms with Gasteiger partial charge >= 0.3 is 6.03 Å². The molecule has 0 saturated heterocycles. The summed E-state index contributed by atoms with van der Waals surface area (Å²) >= 11 is 0. The van der Waals surface area contributed by atoms with Gasteiger partial charge in [0.15, 0.2) is 0 Å². The molecule has 4 bridgehead atoms. The summed E-state index contributed by atoms with van der Waals surface area (Å²) in [5, 5.41) is 6.26. The standard InChI is InChI=1S/C17H26N2O/c1-3-5-15(4-2)18-16(20)19-17-9-12-6-13(10-17)8-14(7-12)11-17/h2,12-15H,3,5-11H2,1H3,(H2,18,19,20). The lowest BCUT2D eigenvalue weighted by Gasteiger charge is -2.56. The van der Waals surface area contributed by atoms with E-state index in [9.17, 15) is 4.79 Å². The Morgan fingerprint density at radius 3 is 2.25 bits per heavy atom. The molecular formula is C17H26N2O. The van der Waals surface area contributed by atoms with Gasteiger partial charge in [-0.25, -0.2) is 4.79 Å². The summed E-state index contributed by atoms with van der Waals surface area (Å²) in [4.78, 5) is 12.3. The molecule has 3 heteroatoms. The number of amides is 2. The van der Waals surface area contributed by atoms with Gasteiger partial charge < -0.3 is 10.6 Å². The number of carbonyl (C=O) groups is 1. The SMILES string of the molecule is C#CC(CCC)NC(=O)NC12CC3CC(CC(C3)C1)C2. The Kier molecular flexibility index (Phi) is 3.67. The minimum Gasteiger partial charge on any atom is -0.333 e. The number of carbonyl (C=O) groups excluding carboxylic acids is 1. The minimum absolute atomic E-state index is 0.0525. The Bertz CT molecular complexity index is 388. The first-order chi connectivity index (χ1) is 9.62. The van der Waals surface area contributed by atoms with Crippen molar-refractivity contribution in [2.24, 2.45) is 17.8 Å². The molecule has 0 aliphatic heterocycles. The molecule has 4 fully saturated rings. The van der Waals surface area contributed by atoms with Crippen LogP contribution in [0.2, 0.25) is 0 Å². The van der Waals surface area contributed by atoms with E-state index in [-0.39, 0.29) is 17.6 Å². The van der Waals surface area contributed by atoms with E-state index in [1.165, 1.54) is 38.5 Å². The first-order valence-corrected chi connectivity index (χ1v) is 8.17. The van der Waals surface area contributed by atoms with Crippen molar-refractivity contribution in [2.45, 2.75) is 69.9 Å². The Morgan fingerprint density at radius 2 is 1.80 bits per heavy atom. The van der Waals surface area contributed by atoms with Crippen LogP contribution in [0.25, 0.3) is 0 Å². The molecule has 110 valence electrons. The summed E-state index contributed by atoms with van der Waals surface area (Å²) in [5.74, 6) is 5.21. The summed E-state index contributed by atoms with van der Waals surface area (Å²) in [6.45, 7) is 2.09. The molecule has 2 N–H and O–H groups in total. The van der Waals surface area contributed by atoms with E-state index in [4.69, 9.17) is 6.42 Å². The maximum absolute atomic E-state index is 12.3. The van der Waals surface area contributed by atoms with Crippen LogP contribution in [0, 0.1) is 30.1 Å². The molecule has 4 rings (SSSR count). The van der Waals surface area contributed by atoms with Gasteiger partial charge in [-0.2, -0.15) is 0 Å². The highest BCUT2D eigenvalue weighted by Crippen LogP contribution is 2.55. The molecule has 0 spiro atoms. The zero-order valence-corrected chi connectivity index (χ0v) is 12.5. The molecule has 0 aromatic rings. The van der Waals surface area contributed by atoms with Crippen LogP contribution in [0.3, 0.4) is 0 Å². The lowest BCUT2D eigenvalue weighted by Crippen LogP contribution is -2.62. The lowest BCUT2D eigenvalue weighted by atomic mass is 9.53. The van der Waals surface area contributed by atoms with Crippen LogP contribution in [-0.4, -0.2) is 17.6 Å². The van der Waals surface area contributed by atoms with E-state index < -0.39 is 0 Å². The third-order valence-electron chi connectivity index (χ3n) is 5.50. The second-order valence-corrected chi connectivity index (χ2v) is 7.30. The Hall–Kier alpha value is -1.17. The fourth-order valence-electron chi connectivity index (χ4n) is 5.18. The number of hydrogen-bond acceptors (Lipinski definition) is 1. The maximum atomic E-state index is 12.3. The third kappa shape index (κ3) is 2.66. The number of nitrogens with one attached hydrogen (secondary N) is 2. The molecule has 4 saturated carbocycles. The van der Waals surface area contributed by atoms with Crippen molar-refractivity contribution in [2.75, 3.05) is 0 Å². The van der Waals surface area contributed by atoms with Crippen LogP contribution >= 0.6 is 0 Å². The van der Waals surface area contributed by atoms with Gasteiger partial charge in [-0.3, -0.25) is 0 Å². The molecule has 4 aliphatic carbocycles. The smallest absolute Gasteiger partial charge is 0.316 e. The average molecular weight is 274 g/mol. The van der Waals surface area contributed by atoms with E-state index in [2.05, 4.69) is 23.5 Å². The predicted molar refractivity (Wildman–Crippen MR) is 80.1 cm³/mol. The number of rotatable bonds is 4. The third-order valence-corrected chi connectivity index (χ3v) is 5.50. The molecule has 3 nitrogen and oxygen atoms in total. The van der Waals surface area contributed by atoms with Crippen LogP contribution in [-0.2, 0) is 0 Å². The molecule has 0 aromatic carbocycles. The van der Waals surface area contributed by atoms with E-state index in [0.29, 0.717) is 0 Å². The van der Waals surface area contributed by atoms with Gasteiger partial charge in [0.1, 0.15) is 0 Å². The van der Waals surface area contributed by atoms with Crippen molar-refractivity contribution in [3.63, 3.8) is 0 Å². The number of urea groups is 1.